The van der Waals surface area contributed by atoms with E-state index in [9.17, 15) is 0 Å². The fourth-order valence-electron chi connectivity index (χ4n) is 1.32. The molecule has 53 valence electrons. The van der Waals surface area contributed by atoms with Gasteiger partial charge >= 0.3 is 0 Å². The lowest BCUT2D eigenvalue weighted by Crippen LogP contribution is -2.09. The molecule has 9 heavy (non-hydrogen) atoms. The largest absolute Gasteiger partial charge is 0.162 e. The maximum atomic E-state index is 3.87. The van der Waals surface area contributed by atoms with Gasteiger partial charge in [-0.1, -0.05) is 13.3 Å². The third kappa shape index (κ3) is 2.61. The van der Waals surface area contributed by atoms with Crippen LogP contribution >= 0.6 is 11.8 Å². The molecular formula is C8H15S. The molecule has 0 aromatic carbocycles. The third-order valence-electron chi connectivity index (χ3n) is 1.87. The van der Waals surface area contributed by atoms with Crippen LogP contribution in [-0.4, -0.2) is 11.5 Å². The highest BCUT2D eigenvalue weighted by atomic mass is 32.2. The normalized spacial score (nSPS) is 28.3. The Morgan fingerprint density at radius 2 is 2.44 bits per heavy atom. The van der Waals surface area contributed by atoms with Crippen molar-refractivity contribution in [3.05, 3.63) is 6.92 Å². The molecule has 1 aliphatic heterocycles. The van der Waals surface area contributed by atoms with Gasteiger partial charge in [-0.2, -0.15) is 11.8 Å². The fraction of sp³-hybridized carbons (Fsp3) is 0.875. The van der Waals surface area contributed by atoms with E-state index in [1.165, 1.54) is 30.8 Å². The highest BCUT2D eigenvalue weighted by Crippen LogP contribution is 2.25. The van der Waals surface area contributed by atoms with Gasteiger partial charge in [0.1, 0.15) is 0 Å². The van der Waals surface area contributed by atoms with Crippen LogP contribution in [0.15, 0.2) is 0 Å². The summed E-state index contributed by atoms with van der Waals surface area (Å²) < 4.78 is 0. The Morgan fingerprint density at radius 3 is 3.00 bits per heavy atom. The van der Waals surface area contributed by atoms with Gasteiger partial charge in [0.2, 0.25) is 0 Å². The lowest BCUT2D eigenvalue weighted by atomic mass is 10.0. The molecule has 1 radical (unpaired) electrons. The van der Waals surface area contributed by atoms with Crippen molar-refractivity contribution in [3.8, 4) is 0 Å². The third-order valence-corrected chi connectivity index (χ3v) is 3.15. The first-order valence-electron chi connectivity index (χ1n) is 3.80. The second-order valence-electron chi connectivity index (χ2n) is 2.73. The second kappa shape index (κ2) is 4.21. The molecule has 0 nitrogen and oxygen atoms in total. The van der Waals surface area contributed by atoms with E-state index in [2.05, 4.69) is 18.7 Å². The van der Waals surface area contributed by atoms with Crippen molar-refractivity contribution in [1.82, 2.24) is 0 Å². The number of rotatable bonds is 2. The highest BCUT2D eigenvalue weighted by molar-refractivity contribution is 7.99. The lowest BCUT2D eigenvalue weighted by Gasteiger charge is -2.19. The minimum atomic E-state index is 1.00. The van der Waals surface area contributed by atoms with E-state index >= 15 is 0 Å². The number of hydrogen-bond acceptors (Lipinski definition) is 1. The Morgan fingerprint density at radius 1 is 1.56 bits per heavy atom. The first kappa shape index (κ1) is 7.46. The van der Waals surface area contributed by atoms with Crippen molar-refractivity contribution in [3.63, 3.8) is 0 Å². The monoisotopic (exact) mass is 143 g/mol. The Balaban J connectivity index is 2.08. The zero-order chi connectivity index (χ0) is 6.53. The summed E-state index contributed by atoms with van der Waals surface area (Å²) in [5, 5.41) is 0. The standard InChI is InChI=1S/C8H15S/c1-2-4-8-5-3-6-9-7-8/h8H,1-7H2. The van der Waals surface area contributed by atoms with E-state index < -0.39 is 0 Å². The zero-order valence-corrected chi connectivity index (χ0v) is 6.75. The summed E-state index contributed by atoms with van der Waals surface area (Å²) in [6.45, 7) is 3.87. The molecule has 0 bridgehead atoms. The molecule has 1 rings (SSSR count). The highest BCUT2D eigenvalue weighted by Gasteiger charge is 2.11. The lowest BCUT2D eigenvalue weighted by molar-refractivity contribution is 0.489. The van der Waals surface area contributed by atoms with Gasteiger partial charge in [-0.25, -0.2) is 0 Å². The van der Waals surface area contributed by atoms with Crippen molar-refractivity contribution in [2.75, 3.05) is 11.5 Å². The molecule has 0 aliphatic carbocycles. The SMILES string of the molecule is [CH2]CCC1CCCSC1. The van der Waals surface area contributed by atoms with Crippen LogP contribution < -0.4 is 0 Å². The summed E-state index contributed by atoms with van der Waals surface area (Å²) >= 11 is 2.12. The van der Waals surface area contributed by atoms with E-state index in [4.69, 9.17) is 0 Å². The van der Waals surface area contributed by atoms with Crippen LogP contribution in [0.5, 0.6) is 0 Å². The Labute approximate surface area is 62.4 Å². The molecule has 1 atom stereocenters. The molecule has 0 saturated carbocycles. The molecule has 0 aromatic rings. The first-order valence-corrected chi connectivity index (χ1v) is 4.96. The van der Waals surface area contributed by atoms with Gasteiger partial charge in [0.15, 0.2) is 0 Å². The van der Waals surface area contributed by atoms with E-state index in [0.29, 0.717) is 0 Å². The predicted octanol–water partition coefficient (Wildman–Crippen LogP) is 2.74. The average molecular weight is 143 g/mol. The molecule has 0 N–H and O–H groups in total. The van der Waals surface area contributed by atoms with Crippen molar-refractivity contribution in [2.45, 2.75) is 25.7 Å². The van der Waals surface area contributed by atoms with Crippen LogP contribution in [0.25, 0.3) is 0 Å². The summed E-state index contributed by atoms with van der Waals surface area (Å²) in [4.78, 5) is 0. The molecule has 1 saturated heterocycles. The second-order valence-corrected chi connectivity index (χ2v) is 3.88. The van der Waals surface area contributed by atoms with Crippen molar-refractivity contribution < 1.29 is 0 Å². The van der Waals surface area contributed by atoms with Crippen LogP contribution in [0.4, 0.5) is 0 Å². The number of hydrogen-bond donors (Lipinski definition) is 0. The smallest absolute Gasteiger partial charge is 0.00391 e. The summed E-state index contributed by atoms with van der Waals surface area (Å²) in [6.07, 6.45) is 5.38. The van der Waals surface area contributed by atoms with Crippen LogP contribution in [0.1, 0.15) is 25.7 Å². The maximum Gasteiger partial charge on any atom is -0.00391 e. The molecule has 1 heterocycles. The molecule has 1 heteroatoms. The fourth-order valence-corrected chi connectivity index (χ4v) is 2.53. The zero-order valence-electron chi connectivity index (χ0n) is 5.94. The number of thioether (sulfide) groups is 1. The topological polar surface area (TPSA) is 0 Å². The minimum Gasteiger partial charge on any atom is -0.162 e. The van der Waals surface area contributed by atoms with Gasteiger partial charge in [-0.05, 0) is 36.7 Å². The van der Waals surface area contributed by atoms with Gasteiger partial charge in [-0.3, -0.25) is 0 Å². The Bertz CT molecular complexity index is 62.2. The molecule has 0 spiro atoms. The summed E-state index contributed by atoms with van der Waals surface area (Å²) in [5.74, 6) is 3.80. The van der Waals surface area contributed by atoms with Gasteiger partial charge in [0.05, 0.1) is 0 Å². The molecule has 1 fully saturated rings. The van der Waals surface area contributed by atoms with Gasteiger partial charge in [-0.15, -0.1) is 0 Å². The van der Waals surface area contributed by atoms with Crippen molar-refractivity contribution in [1.29, 1.82) is 0 Å². The van der Waals surface area contributed by atoms with Crippen molar-refractivity contribution in [2.24, 2.45) is 5.92 Å². The average Bonchev–Trinajstić information content (AvgIpc) is 1.91. The minimum absolute atomic E-state index is 1.00. The molecule has 0 amide bonds. The summed E-state index contributed by atoms with van der Waals surface area (Å²) in [7, 11) is 0. The molecular weight excluding hydrogens is 128 g/mol. The van der Waals surface area contributed by atoms with E-state index in [1.54, 1.807) is 0 Å². The molecule has 1 aliphatic rings. The van der Waals surface area contributed by atoms with Crippen molar-refractivity contribution >= 4 is 11.8 Å². The maximum absolute atomic E-state index is 3.87. The molecule has 1 unspecified atom stereocenters. The summed E-state index contributed by atoms with van der Waals surface area (Å²) in [6, 6.07) is 0. The van der Waals surface area contributed by atoms with Gasteiger partial charge < -0.3 is 0 Å². The predicted molar refractivity (Wildman–Crippen MR) is 44.6 cm³/mol. The van der Waals surface area contributed by atoms with E-state index in [1.807, 2.05) is 0 Å². The Hall–Kier alpha value is 0.350. The van der Waals surface area contributed by atoms with Crippen LogP contribution in [0.2, 0.25) is 0 Å². The van der Waals surface area contributed by atoms with Crippen LogP contribution in [0, 0.1) is 12.8 Å². The summed E-state index contributed by atoms with van der Waals surface area (Å²) in [5.41, 5.74) is 0. The molecule has 0 aromatic heterocycles. The van der Waals surface area contributed by atoms with E-state index in [-0.39, 0.29) is 0 Å². The van der Waals surface area contributed by atoms with Crippen LogP contribution in [-0.2, 0) is 0 Å². The van der Waals surface area contributed by atoms with Gasteiger partial charge in [0.25, 0.3) is 0 Å². The first-order chi connectivity index (χ1) is 4.43. The quantitative estimate of drug-likeness (QED) is 0.573. The van der Waals surface area contributed by atoms with Gasteiger partial charge in [0, 0.05) is 0 Å². The Kier molecular flexibility index (Phi) is 3.49. The van der Waals surface area contributed by atoms with Crippen LogP contribution in [0.3, 0.4) is 0 Å². The van der Waals surface area contributed by atoms with E-state index in [0.717, 1.165) is 12.3 Å².